The van der Waals surface area contributed by atoms with Crippen molar-refractivity contribution in [3.63, 3.8) is 0 Å². The second kappa shape index (κ2) is 17.2. The van der Waals surface area contributed by atoms with Crippen LogP contribution in [0.1, 0.15) is 36.1 Å². The molecule has 0 atom stereocenters. The second-order valence-corrected chi connectivity index (χ2v) is 21.3. The van der Waals surface area contributed by atoms with Crippen molar-refractivity contribution in [3.05, 3.63) is 265 Å². The summed E-state index contributed by atoms with van der Waals surface area (Å²) in [6.07, 6.45) is 0. The molecule has 12 aromatic carbocycles. The number of fused-ring (bicyclic) bond motifs is 11. The van der Waals surface area contributed by atoms with Crippen LogP contribution in [0.2, 0.25) is 0 Å². The minimum Gasteiger partial charge on any atom is -0.453 e. The van der Waals surface area contributed by atoms with Gasteiger partial charge in [-0.1, -0.05) is 172 Å². The predicted molar refractivity (Wildman–Crippen MR) is 323 cm³/mol. The van der Waals surface area contributed by atoms with Crippen molar-refractivity contribution in [2.24, 2.45) is 0 Å². The lowest BCUT2D eigenvalue weighted by Crippen LogP contribution is -2.15. The highest BCUT2D eigenvalue weighted by Crippen LogP contribution is 2.53. The van der Waals surface area contributed by atoms with Gasteiger partial charge in [0.15, 0.2) is 11.2 Å². The first kappa shape index (κ1) is 44.8. The molecular formula is C73H52N2O2. The van der Waals surface area contributed by atoms with Gasteiger partial charge in [0.1, 0.15) is 11.2 Å². The van der Waals surface area contributed by atoms with Crippen LogP contribution in [0, 0.1) is 13.8 Å². The van der Waals surface area contributed by atoms with E-state index in [0.29, 0.717) is 0 Å². The first-order valence-electron chi connectivity index (χ1n) is 26.6. The molecule has 0 fully saturated rings. The maximum absolute atomic E-state index is 7.06. The number of aryl methyl sites for hydroxylation is 2. The van der Waals surface area contributed by atoms with Crippen molar-refractivity contribution in [2.75, 3.05) is 9.80 Å². The molecule has 1 aliphatic rings. The molecule has 0 unspecified atom stereocenters. The summed E-state index contributed by atoms with van der Waals surface area (Å²) < 4.78 is 14.1. The third kappa shape index (κ3) is 6.99. The summed E-state index contributed by atoms with van der Waals surface area (Å²) in [4.78, 5) is 4.70. The molecule has 0 N–H and O–H groups in total. The summed E-state index contributed by atoms with van der Waals surface area (Å²) in [5.41, 5.74) is 21.7. The highest BCUT2D eigenvalue weighted by molar-refractivity contribution is 6.15. The van der Waals surface area contributed by atoms with Gasteiger partial charge in [-0.15, -0.1) is 0 Å². The smallest absolute Gasteiger partial charge is 0.159 e. The molecule has 0 spiro atoms. The van der Waals surface area contributed by atoms with Crippen LogP contribution in [0.3, 0.4) is 0 Å². The van der Waals surface area contributed by atoms with Crippen LogP contribution < -0.4 is 9.80 Å². The zero-order valence-corrected chi connectivity index (χ0v) is 43.3. The van der Waals surface area contributed by atoms with Crippen LogP contribution in [0.4, 0.5) is 34.1 Å². The Morgan fingerprint density at radius 2 is 0.662 bits per heavy atom. The molecule has 2 aromatic heterocycles. The van der Waals surface area contributed by atoms with Crippen molar-refractivity contribution in [2.45, 2.75) is 33.1 Å². The van der Waals surface area contributed by atoms with E-state index in [-0.39, 0.29) is 5.41 Å². The van der Waals surface area contributed by atoms with Crippen LogP contribution in [0.5, 0.6) is 0 Å². The normalized spacial score (nSPS) is 12.8. The Balaban J connectivity index is 0.836. The van der Waals surface area contributed by atoms with E-state index >= 15 is 0 Å². The molecule has 1 aliphatic carbocycles. The third-order valence-corrected chi connectivity index (χ3v) is 16.5. The third-order valence-electron chi connectivity index (χ3n) is 16.5. The fraction of sp³-hybridized carbons (Fsp3) is 0.0685. The maximum atomic E-state index is 7.06. The van der Waals surface area contributed by atoms with Gasteiger partial charge in [0.05, 0.1) is 11.4 Å². The minimum atomic E-state index is -0.263. The van der Waals surface area contributed by atoms with Crippen molar-refractivity contribution in [1.82, 2.24) is 0 Å². The molecule has 0 saturated heterocycles. The Morgan fingerprint density at radius 1 is 0.286 bits per heavy atom. The Kier molecular flexibility index (Phi) is 10.0. The number of hydrogen-bond donors (Lipinski definition) is 0. The van der Waals surface area contributed by atoms with E-state index < -0.39 is 0 Å². The van der Waals surface area contributed by atoms with E-state index in [1.807, 2.05) is 0 Å². The fourth-order valence-corrected chi connectivity index (χ4v) is 12.6. The second-order valence-electron chi connectivity index (χ2n) is 21.3. The first-order chi connectivity index (χ1) is 37.8. The molecule has 0 saturated carbocycles. The number of hydrogen-bond acceptors (Lipinski definition) is 4. The first-order valence-corrected chi connectivity index (χ1v) is 26.6. The number of rotatable bonds is 8. The summed E-state index contributed by atoms with van der Waals surface area (Å²) in [6.45, 7) is 9.10. The van der Waals surface area contributed by atoms with Gasteiger partial charge >= 0.3 is 0 Å². The molecule has 0 radical (unpaired) electrons. The van der Waals surface area contributed by atoms with Gasteiger partial charge in [0, 0.05) is 60.8 Å². The molecule has 2 heterocycles. The van der Waals surface area contributed by atoms with Crippen LogP contribution >= 0.6 is 0 Å². The molecular weight excluding hydrogens is 937 g/mol. The van der Waals surface area contributed by atoms with Crippen LogP contribution in [-0.2, 0) is 5.41 Å². The van der Waals surface area contributed by atoms with Crippen LogP contribution in [0.25, 0.3) is 98.8 Å². The minimum absolute atomic E-state index is 0.263. The van der Waals surface area contributed by atoms with Crippen LogP contribution in [0.15, 0.2) is 251 Å². The maximum Gasteiger partial charge on any atom is 0.159 e. The monoisotopic (exact) mass is 988 g/mol. The van der Waals surface area contributed by atoms with Gasteiger partial charge in [-0.2, -0.15) is 0 Å². The number of nitrogens with zero attached hydrogens (tertiary/aromatic N) is 2. The SMILES string of the molecule is Cc1ccccc1-c1cccc2c1oc1c(N(c3ccccc3)c3ccc4cc5c(cc4c3)C(C)(C)c3cc4cc(N(c6ccccc6)c6cccc7c6oc6c(-c8ccccc8C)cccc67)ccc4cc3-5)cccc12. The molecule has 15 rings (SSSR count). The van der Waals surface area contributed by atoms with Gasteiger partial charge in [-0.25, -0.2) is 0 Å². The number of benzene rings is 12. The van der Waals surface area contributed by atoms with Crippen molar-refractivity contribution in [1.29, 1.82) is 0 Å². The topological polar surface area (TPSA) is 32.8 Å². The van der Waals surface area contributed by atoms with Crippen molar-refractivity contribution >= 4 is 99.5 Å². The summed E-state index contributed by atoms with van der Waals surface area (Å²) in [5.74, 6) is 0. The molecule has 0 amide bonds. The van der Waals surface area contributed by atoms with E-state index in [2.05, 4.69) is 280 Å². The van der Waals surface area contributed by atoms with Crippen molar-refractivity contribution < 1.29 is 8.83 Å². The summed E-state index contributed by atoms with van der Waals surface area (Å²) in [5, 5.41) is 9.19. The van der Waals surface area contributed by atoms with E-state index in [4.69, 9.17) is 8.83 Å². The molecule has 0 aliphatic heterocycles. The Labute approximate surface area is 447 Å². The fourth-order valence-electron chi connectivity index (χ4n) is 12.6. The Morgan fingerprint density at radius 3 is 1.09 bits per heavy atom. The number of para-hydroxylation sites is 6. The van der Waals surface area contributed by atoms with E-state index in [1.165, 1.54) is 66.1 Å². The highest BCUT2D eigenvalue weighted by atomic mass is 16.3. The number of anilines is 6. The average molecular weight is 989 g/mol. The van der Waals surface area contributed by atoms with Crippen molar-refractivity contribution in [3.8, 4) is 33.4 Å². The zero-order chi connectivity index (χ0) is 51.5. The largest absolute Gasteiger partial charge is 0.453 e. The molecule has 366 valence electrons. The molecule has 4 heteroatoms. The Bertz CT molecular complexity index is 4400. The molecule has 14 aromatic rings. The Hall–Kier alpha value is -9.64. The lowest BCUT2D eigenvalue weighted by Gasteiger charge is -2.26. The van der Waals surface area contributed by atoms with Crippen LogP contribution in [-0.4, -0.2) is 0 Å². The van der Waals surface area contributed by atoms with E-state index in [1.54, 1.807) is 0 Å². The van der Waals surface area contributed by atoms with Gasteiger partial charge in [0.2, 0.25) is 0 Å². The van der Waals surface area contributed by atoms with E-state index in [9.17, 15) is 0 Å². The summed E-state index contributed by atoms with van der Waals surface area (Å²) in [7, 11) is 0. The average Bonchev–Trinajstić information content (AvgIpc) is 4.29. The zero-order valence-electron chi connectivity index (χ0n) is 43.3. The molecule has 4 nitrogen and oxygen atoms in total. The van der Waals surface area contributed by atoms with Gasteiger partial charge in [-0.3, -0.25) is 0 Å². The predicted octanol–water partition coefficient (Wildman–Crippen LogP) is 21.0. The summed E-state index contributed by atoms with van der Waals surface area (Å²) in [6, 6.07) is 88.1. The summed E-state index contributed by atoms with van der Waals surface area (Å²) >= 11 is 0. The lowest BCUT2D eigenvalue weighted by atomic mass is 9.81. The van der Waals surface area contributed by atoms with Gasteiger partial charge < -0.3 is 18.6 Å². The number of furan rings is 2. The quantitative estimate of drug-likeness (QED) is 0.152. The molecule has 77 heavy (non-hydrogen) atoms. The van der Waals surface area contributed by atoms with E-state index in [0.717, 1.165) is 89.1 Å². The standard InChI is InChI=1S/C73H52N2O2/c1-45-19-11-13-25-55(45)57-27-15-29-59-61-31-17-33-67(71(61)76-69(57)59)74(51-21-7-5-8-22-51)53-37-35-47-41-63-64-42-48-36-38-54(40-50(48)44-66(64)73(3,4)65(63)43-49(47)39-53)75(52-23-9-6-10-24-52)68-34-18-32-62-60-30-16-28-58(70(60)77-72(62)68)56-26-14-12-20-46(56)2/h5-44H,1-4H3. The lowest BCUT2D eigenvalue weighted by molar-refractivity contribution is 0.662. The van der Waals surface area contributed by atoms with Gasteiger partial charge in [0.25, 0.3) is 0 Å². The highest BCUT2D eigenvalue weighted by Gasteiger charge is 2.36. The van der Waals surface area contributed by atoms with Gasteiger partial charge in [-0.05, 0) is 165 Å². The molecule has 0 bridgehead atoms.